The number of benzene rings is 1. The largest absolute Gasteiger partial charge is 0.492 e. The van der Waals surface area contributed by atoms with Crippen LogP contribution in [-0.4, -0.2) is 36.1 Å². The van der Waals surface area contributed by atoms with Gasteiger partial charge in [-0.05, 0) is 30.4 Å². The number of thiocarbonyl (C=S) groups is 1. The number of ether oxygens (including phenoxy) is 1. The molecule has 3 nitrogen and oxygen atoms in total. The van der Waals surface area contributed by atoms with Gasteiger partial charge >= 0.3 is 0 Å². The van der Waals surface area contributed by atoms with Gasteiger partial charge in [-0.3, -0.25) is 4.90 Å². The summed E-state index contributed by atoms with van der Waals surface area (Å²) in [4.78, 5) is 2.88. The molecular weight excluding hydrogens is 268 g/mol. The predicted octanol–water partition coefficient (Wildman–Crippen LogP) is 2.68. The minimum atomic E-state index is 0.390. The summed E-state index contributed by atoms with van der Waals surface area (Å²) in [5.41, 5.74) is 6.53. The van der Waals surface area contributed by atoms with Crippen LogP contribution in [-0.2, 0) is 0 Å². The average molecular weight is 292 g/mol. The lowest BCUT2D eigenvalue weighted by atomic mass is 9.92. The molecule has 1 aromatic rings. The fourth-order valence-electron chi connectivity index (χ4n) is 3.06. The Morgan fingerprint density at radius 2 is 1.95 bits per heavy atom. The number of hydrogen-bond donors (Lipinski definition) is 1. The van der Waals surface area contributed by atoms with Gasteiger partial charge in [-0.15, -0.1) is 0 Å². The molecule has 2 N–H and O–H groups in total. The Morgan fingerprint density at radius 3 is 2.60 bits per heavy atom. The van der Waals surface area contributed by atoms with Gasteiger partial charge in [-0.2, -0.15) is 0 Å². The highest BCUT2D eigenvalue weighted by atomic mass is 32.1. The standard InChI is InChI=1S/C16H24N2OS/c1-12-9-13(2)11-18(10-12)7-8-19-15-6-4-3-5-14(15)16(17)20/h3-6,12-13H,7-11H2,1-2H3,(H2,17,20). The molecule has 0 bridgehead atoms. The van der Waals surface area contributed by atoms with E-state index in [0.29, 0.717) is 11.6 Å². The maximum absolute atomic E-state index is 5.86. The predicted molar refractivity (Wildman–Crippen MR) is 87.2 cm³/mol. The van der Waals surface area contributed by atoms with Gasteiger partial charge < -0.3 is 10.5 Å². The molecule has 0 saturated carbocycles. The van der Waals surface area contributed by atoms with Crippen LogP contribution in [0.3, 0.4) is 0 Å². The molecular formula is C16H24N2OS. The fourth-order valence-corrected chi connectivity index (χ4v) is 3.22. The zero-order valence-corrected chi connectivity index (χ0v) is 13.2. The van der Waals surface area contributed by atoms with E-state index in [0.717, 1.165) is 29.7 Å². The van der Waals surface area contributed by atoms with Crippen LogP contribution < -0.4 is 10.5 Å². The van der Waals surface area contributed by atoms with Crippen LogP contribution in [0.2, 0.25) is 0 Å². The molecule has 110 valence electrons. The minimum absolute atomic E-state index is 0.390. The van der Waals surface area contributed by atoms with Crippen molar-refractivity contribution in [1.29, 1.82) is 0 Å². The van der Waals surface area contributed by atoms with Crippen LogP contribution in [0.1, 0.15) is 25.8 Å². The van der Waals surface area contributed by atoms with E-state index in [2.05, 4.69) is 18.7 Å². The first kappa shape index (κ1) is 15.3. The molecule has 2 atom stereocenters. The number of nitrogens with zero attached hydrogens (tertiary/aromatic N) is 1. The van der Waals surface area contributed by atoms with Gasteiger partial charge in [-0.1, -0.05) is 38.2 Å². The van der Waals surface area contributed by atoms with E-state index in [1.54, 1.807) is 0 Å². The van der Waals surface area contributed by atoms with E-state index in [1.807, 2.05) is 24.3 Å². The number of rotatable bonds is 5. The van der Waals surface area contributed by atoms with Crippen LogP contribution in [0.25, 0.3) is 0 Å². The molecule has 1 fully saturated rings. The topological polar surface area (TPSA) is 38.5 Å². The maximum Gasteiger partial charge on any atom is 0.129 e. The second kappa shape index (κ2) is 7.04. The van der Waals surface area contributed by atoms with Gasteiger partial charge in [0.25, 0.3) is 0 Å². The van der Waals surface area contributed by atoms with E-state index < -0.39 is 0 Å². The summed E-state index contributed by atoms with van der Waals surface area (Å²) < 4.78 is 5.86. The number of likely N-dealkylation sites (tertiary alicyclic amines) is 1. The molecule has 2 rings (SSSR count). The molecule has 1 heterocycles. The molecule has 1 aromatic carbocycles. The molecule has 2 unspecified atom stereocenters. The Morgan fingerprint density at radius 1 is 1.30 bits per heavy atom. The van der Waals surface area contributed by atoms with Crippen molar-refractivity contribution in [2.24, 2.45) is 17.6 Å². The summed E-state index contributed by atoms with van der Waals surface area (Å²) >= 11 is 5.04. The highest BCUT2D eigenvalue weighted by molar-refractivity contribution is 7.80. The van der Waals surface area contributed by atoms with Gasteiger partial charge in [0.15, 0.2) is 0 Å². The van der Waals surface area contributed by atoms with E-state index in [9.17, 15) is 0 Å². The number of para-hydroxylation sites is 1. The van der Waals surface area contributed by atoms with Crippen LogP contribution in [0.4, 0.5) is 0 Å². The van der Waals surface area contributed by atoms with Gasteiger partial charge in [0, 0.05) is 19.6 Å². The zero-order chi connectivity index (χ0) is 14.5. The number of piperidine rings is 1. The third-order valence-corrected chi connectivity index (χ3v) is 3.98. The van der Waals surface area contributed by atoms with Crippen molar-refractivity contribution in [3.8, 4) is 5.75 Å². The van der Waals surface area contributed by atoms with Gasteiger partial charge in [0.1, 0.15) is 17.3 Å². The SMILES string of the molecule is CC1CC(C)CN(CCOc2ccccc2C(N)=S)C1. The third kappa shape index (κ3) is 4.18. The van der Waals surface area contributed by atoms with Gasteiger partial charge in [0.05, 0.1) is 5.56 Å². The molecule has 1 aliphatic heterocycles. The van der Waals surface area contributed by atoms with E-state index in [-0.39, 0.29) is 0 Å². The lowest BCUT2D eigenvalue weighted by molar-refractivity contribution is 0.120. The van der Waals surface area contributed by atoms with Crippen molar-refractivity contribution in [3.63, 3.8) is 0 Å². The Balaban J connectivity index is 1.85. The Hall–Kier alpha value is -1.13. The summed E-state index contributed by atoms with van der Waals surface area (Å²) in [6, 6.07) is 7.70. The van der Waals surface area contributed by atoms with Crippen molar-refractivity contribution in [1.82, 2.24) is 4.90 Å². The van der Waals surface area contributed by atoms with Crippen LogP contribution in [0.5, 0.6) is 5.75 Å². The van der Waals surface area contributed by atoms with E-state index in [1.165, 1.54) is 19.5 Å². The third-order valence-electron chi connectivity index (χ3n) is 3.76. The molecule has 0 aromatic heterocycles. The lowest BCUT2D eigenvalue weighted by Crippen LogP contribution is -2.40. The minimum Gasteiger partial charge on any atom is -0.492 e. The molecule has 0 radical (unpaired) electrons. The van der Waals surface area contributed by atoms with Gasteiger partial charge in [0.2, 0.25) is 0 Å². The second-order valence-electron chi connectivity index (χ2n) is 5.91. The molecule has 1 saturated heterocycles. The Kier molecular flexibility index (Phi) is 5.38. The molecule has 20 heavy (non-hydrogen) atoms. The van der Waals surface area contributed by atoms with Crippen molar-refractivity contribution in [2.45, 2.75) is 20.3 Å². The first-order chi connectivity index (χ1) is 9.56. The summed E-state index contributed by atoms with van der Waals surface area (Å²) in [5.74, 6) is 2.35. The van der Waals surface area contributed by atoms with E-state index in [4.69, 9.17) is 22.7 Å². The van der Waals surface area contributed by atoms with Crippen molar-refractivity contribution >= 4 is 17.2 Å². The Labute approximate surface area is 127 Å². The van der Waals surface area contributed by atoms with Crippen molar-refractivity contribution in [2.75, 3.05) is 26.2 Å². The Bertz CT molecular complexity index is 454. The molecule has 1 aliphatic rings. The lowest BCUT2D eigenvalue weighted by Gasteiger charge is -2.34. The highest BCUT2D eigenvalue weighted by Gasteiger charge is 2.21. The maximum atomic E-state index is 5.86. The van der Waals surface area contributed by atoms with Crippen LogP contribution in [0, 0.1) is 11.8 Å². The number of nitrogens with two attached hydrogens (primary N) is 1. The summed E-state index contributed by atoms with van der Waals surface area (Å²) in [6.07, 6.45) is 1.33. The molecule has 4 heteroatoms. The van der Waals surface area contributed by atoms with Crippen molar-refractivity contribution in [3.05, 3.63) is 29.8 Å². The van der Waals surface area contributed by atoms with Crippen LogP contribution >= 0.6 is 12.2 Å². The summed E-state index contributed by atoms with van der Waals surface area (Å²) in [7, 11) is 0. The molecule has 0 aliphatic carbocycles. The monoisotopic (exact) mass is 292 g/mol. The van der Waals surface area contributed by atoms with E-state index >= 15 is 0 Å². The first-order valence-corrected chi connectivity index (χ1v) is 7.71. The van der Waals surface area contributed by atoms with Crippen molar-refractivity contribution < 1.29 is 4.74 Å². The van der Waals surface area contributed by atoms with Crippen LogP contribution in [0.15, 0.2) is 24.3 Å². The first-order valence-electron chi connectivity index (χ1n) is 7.30. The highest BCUT2D eigenvalue weighted by Crippen LogP contribution is 2.21. The summed E-state index contributed by atoms with van der Waals surface area (Å²) in [6.45, 7) is 8.63. The van der Waals surface area contributed by atoms with Gasteiger partial charge in [-0.25, -0.2) is 0 Å². The molecule has 0 spiro atoms. The summed E-state index contributed by atoms with van der Waals surface area (Å²) in [5, 5.41) is 0. The average Bonchev–Trinajstić information content (AvgIpc) is 2.38. The fraction of sp³-hybridized carbons (Fsp3) is 0.562. The second-order valence-corrected chi connectivity index (χ2v) is 6.35. The zero-order valence-electron chi connectivity index (χ0n) is 12.3. The number of hydrogen-bond acceptors (Lipinski definition) is 3. The molecule has 0 amide bonds. The normalized spacial score (nSPS) is 23.5. The smallest absolute Gasteiger partial charge is 0.129 e. The quantitative estimate of drug-likeness (QED) is 0.847.